The van der Waals surface area contributed by atoms with Crippen LogP contribution in [0.2, 0.25) is 0 Å². The van der Waals surface area contributed by atoms with E-state index in [4.69, 9.17) is 0 Å². The van der Waals surface area contributed by atoms with Crippen LogP contribution in [0.4, 0.5) is 13.2 Å². The molecular weight excluding hydrogens is 345 g/mol. The Bertz CT molecular complexity index is 1090. The van der Waals surface area contributed by atoms with E-state index in [1.807, 2.05) is 61.5 Å². The van der Waals surface area contributed by atoms with Crippen LogP contribution in [0.5, 0.6) is 0 Å². The average Bonchev–Trinajstić information content (AvgIpc) is 2.67. The quantitative estimate of drug-likeness (QED) is 0.346. The van der Waals surface area contributed by atoms with Gasteiger partial charge in [-0.2, -0.15) is 13.2 Å². The highest BCUT2D eigenvalue weighted by Crippen LogP contribution is 2.37. The van der Waals surface area contributed by atoms with Crippen LogP contribution in [0.15, 0.2) is 84.9 Å². The van der Waals surface area contributed by atoms with E-state index < -0.39 is 11.7 Å². The minimum atomic E-state index is -4.33. The van der Waals surface area contributed by atoms with E-state index in [1.54, 1.807) is 12.1 Å². The molecule has 4 aromatic carbocycles. The van der Waals surface area contributed by atoms with Crippen molar-refractivity contribution in [3.63, 3.8) is 0 Å². The number of hydrogen-bond donors (Lipinski definition) is 0. The maximum Gasteiger partial charge on any atom is 0.416 e. The van der Waals surface area contributed by atoms with Gasteiger partial charge in [0.1, 0.15) is 0 Å². The lowest BCUT2D eigenvalue weighted by Gasteiger charge is -2.14. The van der Waals surface area contributed by atoms with E-state index in [1.165, 1.54) is 0 Å². The molecule has 27 heavy (non-hydrogen) atoms. The molecule has 0 N–H and O–H groups in total. The van der Waals surface area contributed by atoms with Crippen molar-refractivity contribution in [3.05, 3.63) is 96.1 Å². The SMILES string of the molecule is Cc1ccc(-c2cc3ccccc3cc2-c2ccc(C(F)(F)F)cc2)cc1. The lowest BCUT2D eigenvalue weighted by atomic mass is 9.91. The van der Waals surface area contributed by atoms with Crippen LogP contribution in [0, 0.1) is 6.92 Å². The fraction of sp³-hybridized carbons (Fsp3) is 0.0833. The number of alkyl halides is 3. The van der Waals surface area contributed by atoms with Crippen LogP contribution in [-0.2, 0) is 6.18 Å². The van der Waals surface area contributed by atoms with Gasteiger partial charge in [-0.3, -0.25) is 0 Å². The van der Waals surface area contributed by atoms with Crippen molar-refractivity contribution < 1.29 is 13.2 Å². The lowest BCUT2D eigenvalue weighted by molar-refractivity contribution is -0.137. The highest BCUT2D eigenvalue weighted by atomic mass is 19.4. The molecule has 0 atom stereocenters. The minimum absolute atomic E-state index is 0.635. The number of hydrogen-bond acceptors (Lipinski definition) is 0. The second kappa shape index (κ2) is 6.58. The molecule has 0 fully saturated rings. The fourth-order valence-electron chi connectivity index (χ4n) is 3.29. The van der Waals surface area contributed by atoms with Gasteiger partial charge in [0.15, 0.2) is 0 Å². The maximum absolute atomic E-state index is 12.9. The van der Waals surface area contributed by atoms with Gasteiger partial charge in [-0.15, -0.1) is 0 Å². The summed E-state index contributed by atoms with van der Waals surface area (Å²) < 4.78 is 38.7. The first kappa shape index (κ1) is 17.3. The topological polar surface area (TPSA) is 0 Å². The highest BCUT2D eigenvalue weighted by Gasteiger charge is 2.30. The Balaban J connectivity index is 1.92. The Morgan fingerprint density at radius 1 is 0.593 bits per heavy atom. The third kappa shape index (κ3) is 3.45. The van der Waals surface area contributed by atoms with E-state index in [-0.39, 0.29) is 0 Å². The first-order valence-corrected chi connectivity index (χ1v) is 8.69. The maximum atomic E-state index is 12.9. The third-order valence-corrected chi connectivity index (χ3v) is 4.77. The molecule has 0 aromatic heterocycles. The van der Waals surface area contributed by atoms with Crippen molar-refractivity contribution in [1.29, 1.82) is 0 Å². The van der Waals surface area contributed by atoms with Gasteiger partial charge in [-0.25, -0.2) is 0 Å². The summed E-state index contributed by atoms with van der Waals surface area (Å²) >= 11 is 0. The Labute approximate surface area is 155 Å². The predicted molar refractivity (Wildman–Crippen MR) is 105 cm³/mol. The summed E-state index contributed by atoms with van der Waals surface area (Å²) in [7, 11) is 0. The molecule has 0 radical (unpaired) electrons. The molecule has 0 amide bonds. The summed E-state index contributed by atoms with van der Waals surface area (Å²) in [5.41, 5.74) is 4.27. The van der Waals surface area contributed by atoms with Gasteiger partial charge in [0.2, 0.25) is 0 Å². The van der Waals surface area contributed by atoms with Crippen LogP contribution in [-0.4, -0.2) is 0 Å². The Morgan fingerprint density at radius 3 is 1.48 bits per heavy atom. The number of halogens is 3. The first-order chi connectivity index (χ1) is 12.9. The molecule has 4 rings (SSSR count). The summed E-state index contributed by atoms with van der Waals surface area (Å²) in [5, 5.41) is 2.16. The van der Waals surface area contributed by atoms with Crippen molar-refractivity contribution in [2.45, 2.75) is 13.1 Å². The van der Waals surface area contributed by atoms with Crippen LogP contribution in [0.3, 0.4) is 0 Å². The van der Waals surface area contributed by atoms with E-state index >= 15 is 0 Å². The molecule has 134 valence electrons. The zero-order valence-corrected chi connectivity index (χ0v) is 14.7. The third-order valence-electron chi connectivity index (χ3n) is 4.77. The molecule has 0 bridgehead atoms. The molecule has 0 saturated carbocycles. The van der Waals surface area contributed by atoms with Gasteiger partial charge in [0, 0.05) is 0 Å². The van der Waals surface area contributed by atoms with Crippen molar-refractivity contribution in [1.82, 2.24) is 0 Å². The summed E-state index contributed by atoms with van der Waals surface area (Å²) in [6, 6.07) is 25.7. The summed E-state index contributed by atoms with van der Waals surface area (Å²) in [6.45, 7) is 2.03. The fourth-order valence-corrected chi connectivity index (χ4v) is 3.29. The van der Waals surface area contributed by atoms with Crippen molar-refractivity contribution in [3.8, 4) is 22.3 Å². The molecule has 4 aromatic rings. The van der Waals surface area contributed by atoms with Gasteiger partial charge in [0.05, 0.1) is 5.56 Å². The second-order valence-electron chi connectivity index (χ2n) is 6.69. The van der Waals surface area contributed by atoms with Gasteiger partial charge in [0.25, 0.3) is 0 Å². The second-order valence-corrected chi connectivity index (χ2v) is 6.69. The molecule has 0 unspecified atom stereocenters. The van der Waals surface area contributed by atoms with Gasteiger partial charge in [-0.05, 0) is 64.2 Å². The Kier molecular flexibility index (Phi) is 4.23. The molecule has 0 saturated heterocycles. The Hall–Kier alpha value is -3.07. The molecule has 0 heterocycles. The number of fused-ring (bicyclic) bond motifs is 1. The number of benzene rings is 4. The van der Waals surface area contributed by atoms with E-state index in [0.29, 0.717) is 0 Å². The molecule has 0 spiro atoms. The largest absolute Gasteiger partial charge is 0.416 e. The van der Waals surface area contributed by atoms with Crippen molar-refractivity contribution in [2.24, 2.45) is 0 Å². The summed E-state index contributed by atoms with van der Waals surface area (Å²) in [5.74, 6) is 0. The average molecular weight is 362 g/mol. The number of aryl methyl sites for hydroxylation is 1. The zero-order chi connectivity index (χ0) is 19.0. The standard InChI is InChI=1S/C24H17F3/c1-16-6-8-17(9-7-16)22-14-19-4-2-3-5-20(19)15-23(22)18-10-12-21(13-11-18)24(25,26)27/h2-15H,1H3. The minimum Gasteiger partial charge on any atom is -0.166 e. The first-order valence-electron chi connectivity index (χ1n) is 8.69. The predicted octanol–water partition coefficient (Wildman–Crippen LogP) is 7.50. The van der Waals surface area contributed by atoms with Crippen molar-refractivity contribution in [2.75, 3.05) is 0 Å². The van der Waals surface area contributed by atoms with Crippen LogP contribution < -0.4 is 0 Å². The summed E-state index contributed by atoms with van der Waals surface area (Å²) in [6.07, 6.45) is -4.33. The normalized spacial score (nSPS) is 11.7. The highest BCUT2D eigenvalue weighted by molar-refractivity contribution is 5.96. The van der Waals surface area contributed by atoms with Crippen LogP contribution in [0.25, 0.3) is 33.0 Å². The molecule has 0 aliphatic heterocycles. The van der Waals surface area contributed by atoms with E-state index in [2.05, 4.69) is 6.07 Å². The monoisotopic (exact) mass is 362 g/mol. The smallest absolute Gasteiger partial charge is 0.166 e. The summed E-state index contributed by atoms with van der Waals surface area (Å²) in [4.78, 5) is 0. The van der Waals surface area contributed by atoms with Gasteiger partial charge < -0.3 is 0 Å². The Morgan fingerprint density at radius 2 is 1.04 bits per heavy atom. The van der Waals surface area contributed by atoms with E-state index in [0.717, 1.165) is 50.7 Å². The number of rotatable bonds is 2. The molecule has 0 aliphatic rings. The lowest BCUT2D eigenvalue weighted by Crippen LogP contribution is -2.04. The van der Waals surface area contributed by atoms with Crippen molar-refractivity contribution >= 4 is 10.8 Å². The van der Waals surface area contributed by atoms with Crippen LogP contribution in [0.1, 0.15) is 11.1 Å². The van der Waals surface area contributed by atoms with Crippen LogP contribution >= 0.6 is 0 Å². The molecule has 3 heteroatoms. The molecule has 0 nitrogen and oxygen atoms in total. The molecule has 0 aliphatic carbocycles. The van der Waals surface area contributed by atoms with E-state index in [9.17, 15) is 13.2 Å². The van der Waals surface area contributed by atoms with Gasteiger partial charge >= 0.3 is 6.18 Å². The molecular formula is C24H17F3. The zero-order valence-electron chi connectivity index (χ0n) is 14.7. The van der Waals surface area contributed by atoms with Gasteiger partial charge in [-0.1, -0.05) is 66.2 Å².